The van der Waals surface area contributed by atoms with Gasteiger partial charge in [-0.1, -0.05) is 17.7 Å². The molecule has 0 saturated carbocycles. The molecule has 0 fully saturated rings. The van der Waals surface area contributed by atoms with Crippen LogP contribution < -0.4 is 9.46 Å². The van der Waals surface area contributed by atoms with Crippen molar-refractivity contribution in [1.29, 1.82) is 5.26 Å². The molecule has 2 atom stereocenters. The van der Waals surface area contributed by atoms with Crippen LogP contribution >= 0.6 is 11.6 Å². The summed E-state index contributed by atoms with van der Waals surface area (Å²) >= 11 is 5.86. The maximum absolute atomic E-state index is 12.0. The molecule has 8 heteroatoms. The lowest BCUT2D eigenvalue weighted by atomic mass is 10.2. The van der Waals surface area contributed by atoms with Gasteiger partial charge in [-0.3, -0.25) is 0 Å². The van der Waals surface area contributed by atoms with E-state index in [4.69, 9.17) is 21.6 Å². The predicted octanol–water partition coefficient (Wildman–Crippen LogP) is 2.03. The van der Waals surface area contributed by atoms with Crippen LogP contribution in [0.3, 0.4) is 0 Å². The standard InChI is InChI=1S/C14H20ClN3O3S/c1-11(8-16)10-18(3)22(19,20)17-9-12(2)21-14-6-4-5-13(15)7-14/h4-7,11-12,17H,9-10H2,1-3H3/t11-,12+/m0/s1. The van der Waals surface area contributed by atoms with Crippen molar-refractivity contribution >= 4 is 21.8 Å². The van der Waals surface area contributed by atoms with Gasteiger partial charge in [-0.25, -0.2) is 0 Å². The number of ether oxygens (including phenoxy) is 1. The Hall–Kier alpha value is -1.33. The second kappa shape index (κ2) is 8.34. The second-order valence-corrected chi connectivity index (χ2v) is 7.35. The van der Waals surface area contributed by atoms with Crippen LogP contribution in [0.15, 0.2) is 24.3 Å². The molecule has 1 N–H and O–H groups in total. The van der Waals surface area contributed by atoms with E-state index in [0.29, 0.717) is 10.8 Å². The summed E-state index contributed by atoms with van der Waals surface area (Å²) in [5, 5.41) is 9.28. The highest BCUT2D eigenvalue weighted by Crippen LogP contribution is 2.18. The summed E-state index contributed by atoms with van der Waals surface area (Å²) in [7, 11) is -2.21. The molecule has 0 saturated heterocycles. The number of benzene rings is 1. The van der Waals surface area contributed by atoms with Crippen molar-refractivity contribution < 1.29 is 13.2 Å². The first-order valence-corrected chi connectivity index (χ1v) is 8.59. The van der Waals surface area contributed by atoms with E-state index in [1.54, 1.807) is 38.1 Å². The first-order valence-electron chi connectivity index (χ1n) is 6.77. The van der Waals surface area contributed by atoms with Crippen molar-refractivity contribution in [3.63, 3.8) is 0 Å². The smallest absolute Gasteiger partial charge is 0.279 e. The highest BCUT2D eigenvalue weighted by molar-refractivity contribution is 7.87. The third kappa shape index (κ3) is 6.20. The number of hydrogen-bond acceptors (Lipinski definition) is 4. The SMILES string of the molecule is C[C@H](CNS(=O)(=O)N(C)C[C@@H](C)C#N)Oc1cccc(Cl)c1. The van der Waals surface area contributed by atoms with Crippen molar-refractivity contribution in [1.82, 2.24) is 9.03 Å². The molecule has 0 aliphatic heterocycles. The van der Waals surface area contributed by atoms with Gasteiger partial charge in [0.2, 0.25) is 0 Å². The average molecular weight is 346 g/mol. The number of nitrogens with one attached hydrogen (secondary N) is 1. The summed E-state index contributed by atoms with van der Waals surface area (Å²) in [5.41, 5.74) is 0. The van der Waals surface area contributed by atoms with Crippen molar-refractivity contribution in [3.05, 3.63) is 29.3 Å². The summed E-state index contributed by atoms with van der Waals surface area (Å²) in [6, 6.07) is 8.89. The molecule has 22 heavy (non-hydrogen) atoms. The molecule has 0 bridgehead atoms. The third-order valence-corrected chi connectivity index (χ3v) is 4.58. The first kappa shape index (κ1) is 18.7. The molecule has 1 rings (SSSR count). The molecule has 0 heterocycles. The number of halogens is 1. The largest absolute Gasteiger partial charge is 0.489 e. The maximum atomic E-state index is 12.0. The van der Waals surface area contributed by atoms with Gasteiger partial charge >= 0.3 is 0 Å². The fourth-order valence-corrected chi connectivity index (χ4v) is 2.94. The summed E-state index contributed by atoms with van der Waals surface area (Å²) < 4.78 is 33.2. The third-order valence-electron chi connectivity index (χ3n) is 2.85. The van der Waals surface area contributed by atoms with Crippen molar-refractivity contribution in [3.8, 4) is 11.8 Å². The van der Waals surface area contributed by atoms with Crippen LogP contribution in [0, 0.1) is 17.2 Å². The van der Waals surface area contributed by atoms with E-state index in [1.165, 1.54) is 7.05 Å². The van der Waals surface area contributed by atoms with Crippen molar-refractivity contribution in [2.24, 2.45) is 5.92 Å². The average Bonchev–Trinajstić information content (AvgIpc) is 2.45. The summed E-state index contributed by atoms with van der Waals surface area (Å²) in [5.74, 6) is 0.201. The Labute approximate surface area is 136 Å². The molecule has 1 aromatic rings. The lowest BCUT2D eigenvalue weighted by molar-refractivity contribution is 0.224. The zero-order valence-corrected chi connectivity index (χ0v) is 14.4. The Kier molecular flexibility index (Phi) is 7.10. The molecule has 0 aliphatic carbocycles. The van der Waals surface area contributed by atoms with Crippen LogP contribution in [0.2, 0.25) is 5.02 Å². The van der Waals surface area contributed by atoms with E-state index >= 15 is 0 Å². The normalized spacial score (nSPS) is 14.4. The van der Waals surface area contributed by atoms with E-state index in [0.717, 1.165) is 4.31 Å². The molecule has 0 spiro atoms. The van der Waals surface area contributed by atoms with Gasteiger partial charge in [0, 0.05) is 25.2 Å². The summed E-state index contributed by atoms with van der Waals surface area (Å²) in [6.07, 6.45) is -0.366. The molecular weight excluding hydrogens is 326 g/mol. The topological polar surface area (TPSA) is 82.4 Å². The number of nitrogens with zero attached hydrogens (tertiary/aromatic N) is 2. The molecule has 0 aromatic heterocycles. The second-order valence-electron chi connectivity index (χ2n) is 5.05. The number of hydrogen-bond donors (Lipinski definition) is 1. The van der Waals surface area contributed by atoms with Gasteiger partial charge in [0.1, 0.15) is 11.9 Å². The molecule has 0 aliphatic rings. The Balaban J connectivity index is 2.52. The van der Waals surface area contributed by atoms with Gasteiger partial charge < -0.3 is 4.74 Å². The zero-order valence-electron chi connectivity index (χ0n) is 12.8. The summed E-state index contributed by atoms with van der Waals surface area (Å²) in [6.45, 7) is 3.66. The molecule has 0 amide bonds. The first-order chi connectivity index (χ1) is 10.2. The maximum Gasteiger partial charge on any atom is 0.279 e. The Morgan fingerprint density at radius 3 is 2.73 bits per heavy atom. The minimum Gasteiger partial charge on any atom is -0.489 e. The van der Waals surface area contributed by atoms with E-state index < -0.39 is 10.2 Å². The molecule has 6 nitrogen and oxygen atoms in total. The fraction of sp³-hybridized carbons (Fsp3) is 0.500. The van der Waals surface area contributed by atoms with Gasteiger partial charge in [-0.05, 0) is 32.0 Å². The van der Waals surface area contributed by atoms with Crippen LogP contribution in [0.25, 0.3) is 0 Å². The molecule has 1 aromatic carbocycles. The van der Waals surface area contributed by atoms with Crippen LogP contribution in [-0.2, 0) is 10.2 Å². The van der Waals surface area contributed by atoms with Crippen LogP contribution in [0.5, 0.6) is 5.75 Å². The minimum atomic E-state index is -3.63. The van der Waals surface area contributed by atoms with E-state index in [-0.39, 0.29) is 25.1 Å². The molecule has 0 unspecified atom stereocenters. The summed E-state index contributed by atoms with van der Waals surface area (Å²) in [4.78, 5) is 0. The van der Waals surface area contributed by atoms with Gasteiger partial charge in [0.25, 0.3) is 10.2 Å². The van der Waals surface area contributed by atoms with E-state index in [9.17, 15) is 8.42 Å². The van der Waals surface area contributed by atoms with Crippen LogP contribution in [0.1, 0.15) is 13.8 Å². The highest BCUT2D eigenvalue weighted by Gasteiger charge is 2.20. The molecular formula is C14H20ClN3O3S. The quantitative estimate of drug-likeness (QED) is 0.781. The van der Waals surface area contributed by atoms with Crippen LogP contribution in [0.4, 0.5) is 0 Å². The van der Waals surface area contributed by atoms with Gasteiger partial charge in [0.15, 0.2) is 0 Å². The Morgan fingerprint density at radius 1 is 1.45 bits per heavy atom. The van der Waals surface area contributed by atoms with Crippen LogP contribution in [-0.4, -0.2) is 39.0 Å². The van der Waals surface area contributed by atoms with Crippen molar-refractivity contribution in [2.75, 3.05) is 20.1 Å². The van der Waals surface area contributed by atoms with E-state index in [2.05, 4.69) is 4.72 Å². The Bertz CT molecular complexity index is 630. The Morgan fingerprint density at radius 2 is 2.14 bits per heavy atom. The van der Waals surface area contributed by atoms with Gasteiger partial charge in [-0.15, -0.1) is 0 Å². The fourth-order valence-electron chi connectivity index (χ4n) is 1.67. The van der Waals surface area contributed by atoms with Crippen molar-refractivity contribution in [2.45, 2.75) is 20.0 Å². The lowest BCUT2D eigenvalue weighted by Gasteiger charge is -2.21. The highest BCUT2D eigenvalue weighted by atomic mass is 35.5. The van der Waals surface area contributed by atoms with Gasteiger partial charge in [-0.2, -0.15) is 22.7 Å². The van der Waals surface area contributed by atoms with E-state index in [1.807, 2.05) is 6.07 Å². The van der Waals surface area contributed by atoms with Gasteiger partial charge in [0.05, 0.1) is 12.0 Å². The predicted molar refractivity (Wildman–Crippen MR) is 85.9 cm³/mol. The zero-order chi connectivity index (χ0) is 16.8. The minimum absolute atomic E-state index is 0.111. The molecule has 0 radical (unpaired) electrons. The number of rotatable bonds is 8. The lowest BCUT2D eigenvalue weighted by Crippen LogP contribution is -2.43. The number of nitriles is 1. The monoisotopic (exact) mass is 345 g/mol. The molecule has 122 valence electrons.